The first-order valence-corrected chi connectivity index (χ1v) is 5.01. The van der Waals surface area contributed by atoms with Crippen LogP contribution in [0.2, 0.25) is 0 Å². The molecular formula is C7H14N2S. The molecule has 1 aliphatic heterocycles. The highest BCUT2D eigenvalue weighted by molar-refractivity contribution is 7.96. The van der Waals surface area contributed by atoms with Crippen LogP contribution in [0.4, 0.5) is 0 Å². The van der Waals surface area contributed by atoms with Crippen molar-refractivity contribution in [2.24, 2.45) is 11.7 Å². The molecule has 0 radical (unpaired) electrons. The van der Waals surface area contributed by atoms with Gasteiger partial charge in [-0.1, -0.05) is 11.9 Å². The molecule has 10 heavy (non-hydrogen) atoms. The highest BCUT2D eigenvalue weighted by Crippen LogP contribution is 2.44. The minimum atomic E-state index is 0.270. The standard InChI is InChI=1S/C7H14N2S/c1-10-9-4-6(5-9)7(8)2-3-7/h6H,2-5,8H2,1H3. The van der Waals surface area contributed by atoms with E-state index < -0.39 is 0 Å². The van der Waals surface area contributed by atoms with Crippen molar-refractivity contribution in [1.29, 1.82) is 0 Å². The van der Waals surface area contributed by atoms with Crippen LogP contribution in [-0.2, 0) is 0 Å². The average Bonchev–Trinajstić information content (AvgIpc) is 2.46. The van der Waals surface area contributed by atoms with E-state index in [1.165, 1.54) is 25.9 Å². The molecule has 0 bridgehead atoms. The van der Waals surface area contributed by atoms with Crippen LogP contribution in [0.25, 0.3) is 0 Å². The first-order chi connectivity index (χ1) is 4.74. The molecule has 2 N–H and O–H groups in total. The fourth-order valence-electron chi connectivity index (χ4n) is 1.50. The Bertz CT molecular complexity index is 139. The van der Waals surface area contributed by atoms with Crippen molar-refractivity contribution < 1.29 is 0 Å². The summed E-state index contributed by atoms with van der Waals surface area (Å²) in [6.45, 7) is 2.44. The molecule has 0 aromatic heterocycles. The van der Waals surface area contributed by atoms with Gasteiger partial charge in [-0.3, -0.25) is 4.31 Å². The smallest absolute Gasteiger partial charge is 0.0209 e. The normalized spacial score (nSPS) is 31.8. The Kier molecular flexibility index (Phi) is 1.48. The molecule has 3 heteroatoms. The van der Waals surface area contributed by atoms with Gasteiger partial charge in [0, 0.05) is 24.5 Å². The Morgan fingerprint density at radius 2 is 2.10 bits per heavy atom. The first-order valence-electron chi connectivity index (χ1n) is 3.82. The molecule has 2 nitrogen and oxygen atoms in total. The van der Waals surface area contributed by atoms with Gasteiger partial charge in [0.15, 0.2) is 0 Å². The zero-order valence-electron chi connectivity index (χ0n) is 6.34. The van der Waals surface area contributed by atoms with Gasteiger partial charge in [0.25, 0.3) is 0 Å². The van der Waals surface area contributed by atoms with Crippen LogP contribution >= 0.6 is 11.9 Å². The number of hydrogen-bond acceptors (Lipinski definition) is 3. The van der Waals surface area contributed by atoms with Crippen molar-refractivity contribution in [2.75, 3.05) is 19.3 Å². The molecule has 0 amide bonds. The van der Waals surface area contributed by atoms with Gasteiger partial charge in [0.2, 0.25) is 0 Å². The van der Waals surface area contributed by atoms with Crippen molar-refractivity contribution in [3.8, 4) is 0 Å². The van der Waals surface area contributed by atoms with E-state index in [1.807, 2.05) is 11.9 Å². The topological polar surface area (TPSA) is 29.3 Å². The summed E-state index contributed by atoms with van der Waals surface area (Å²) < 4.78 is 2.37. The molecule has 0 aromatic rings. The summed E-state index contributed by atoms with van der Waals surface area (Å²) in [5.74, 6) is 0.806. The summed E-state index contributed by atoms with van der Waals surface area (Å²) in [7, 11) is 0. The Morgan fingerprint density at radius 3 is 2.50 bits per heavy atom. The van der Waals surface area contributed by atoms with Gasteiger partial charge in [-0.2, -0.15) is 0 Å². The third-order valence-corrected chi connectivity index (χ3v) is 3.56. The molecule has 1 saturated carbocycles. The highest BCUT2D eigenvalue weighted by Gasteiger charge is 2.50. The number of nitrogens with two attached hydrogens (primary N) is 1. The van der Waals surface area contributed by atoms with Gasteiger partial charge in [-0.05, 0) is 19.1 Å². The molecule has 2 aliphatic rings. The van der Waals surface area contributed by atoms with Crippen molar-refractivity contribution in [3.05, 3.63) is 0 Å². The molecule has 1 saturated heterocycles. The van der Waals surface area contributed by atoms with Gasteiger partial charge in [-0.25, -0.2) is 0 Å². The Labute approximate surface area is 66.3 Å². The Morgan fingerprint density at radius 1 is 1.50 bits per heavy atom. The molecule has 1 aliphatic carbocycles. The van der Waals surface area contributed by atoms with E-state index >= 15 is 0 Å². The lowest BCUT2D eigenvalue weighted by atomic mass is 9.92. The molecular weight excluding hydrogens is 144 g/mol. The van der Waals surface area contributed by atoms with Crippen molar-refractivity contribution >= 4 is 11.9 Å². The summed E-state index contributed by atoms with van der Waals surface area (Å²) in [5.41, 5.74) is 6.30. The quantitative estimate of drug-likeness (QED) is 0.599. The third-order valence-electron chi connectivity index (χ3n) is 2.75. The molecule has 0 atom stereocenters. The average molecular weight is 158 g/mol. The van der Waals surface area contributed by atoms with E-state index in [2.05, 4.69) is 10.6 Å². The van der Waals surface area contributed by atoms with Crippen LogP contribution in [0.15, 0.2) is 0 Å². The van der Waals surface area contributed by atoms with E-state index in [0.717, 1.165) is 5.92 Å². The number of hydrogen-bond donors (Lipinski definition) is 1. The zero-order valence-corrected chi connectivity index (χ0v) is 7.16. The zero-order chi connectivity index (χ0) is 7.19. The van der Waals surface area contributed by atoms with Gasteiger partial charge in [0.1, 0.15) is 0 Å². The van der Waals surface area contributed by atoms with Crippen molar-refractivity contribution in [1.82, 2.24) is 4.31 Å². The fraction of sp³-hybridized carbons (Fsp3) is 1.00. The van der Waals surface area contributed by atoms with Crippen LogP contribution in [0.3, 0.4) is 0 Å². The molecule has 2 rings (SSSR count). The lowest BCUT2D eigenvalue weighted by molar-refractivity contribution is 0.176. The molecule has 2 fully saturated rings. The van der Waals surface area contributed by atoms with E-state index in [4.69, 9.17) is 5.73 Å². The first kappa shape index (κ1) is 6.95. The maximum absolute atomic E-state index is 6.03. The third kappa shape index (κ3) is 0.966. The molecule has 0 spiro atoms. The predicted molar refractivity (Wildman–Crippen MR) is 44.7 cm³/mol. The largest absolute Gasteiger partial charge is 0.325 e. The summed E-state index contributed by atoms with van der Waals surface area (Å²) in [6, 6.07) is 0. The maximum Gasteiger partial charge on any atom is 0.0209 e. The minimum absolute atomic E-state index is 0.270. The van der Waals surface area contributed by atoms with E-state index in [9.17, 15) is 0 Å². The van der Waals surface area contributed by atoms with Gasteiger partial charge >= 0.3 is 0 Å². The second-order valence-electron chi connectivity index (χ2n) is 3.46. The van der Waals surface area contributed by atoms with Crippen LogP contribution in [0.1, 0.15) is 12.8 Å². The Hall–Kier alpha value is 0.270. The van der Waals surface area contributed by atoms with Crippen LogP contribution in [-0.4, -0.2) is 29.2 Å². The number of rotatable bonds is 2. The van der Waals surface area contributed by atoms with E-state index in [-0.39, 0.29) is 5.54 Å². The maximum atomic E-state index is 6.03. The second-order valence-corrected chi connectivity index (χ2v) is 4.34. The van der Waals surface area contributed by atoms with Crippen molar-refractivity contribution in [3.63, 3.8) is 0 Å². The lowest BCUT2D eigenvalue weighted by Crippen LogP contribution is -2.52. The number of nitrogens with zero attached hydrogens (tertiary/aromatic N) is 1. The van der Waals surface area contributed by atoms with Gasteiger partial charge < -0.3 is 5.73 Å². The SMILES string of the molecule is CSN1CC(C2(N)CC2)C1. The predicted octanol–water partition coefficient (Wildman–Crippen LogP) is 0.688. The highest BCUT2D eigenvalue weighted by atomic mass is 32.2. The fourth-order valence-corrected chi connectivity index (χ4v) is 2.16. The van der Waals surface area contributed by atoms with Crippen LogP contribution in [0.5, 0.6) is 0 Å². The van der Waals surface area contributed by atoms with Crippen LogP contribution < -0.4 is 5.73 Å². The molecule has 0 unspecified atom stereocenters. The molecule has 0 aromatic carbocycles. The summed E-state index contributed by atoms with van der Waals surface area (Å²) in [4.78, 5) is 0. The minimum Gasteiger partial charge on any atom is -0.325 e. The summed E-state index contributed by atoms with van der Waals surface area (Å²) in [6.07, 6.45) is 4.66. The monoisotopic (exact) mass is 158 g/mol. The van der Waals surface area contributed by atoms with Crippen LogP contribution in [0, 0.1) is 5.92 Å². The van der Waals surface area contributed by atoms with Crippen molar-refractivity contribution in [2.45, 2.75) is 18.4 Å². The van der Waals surface area contributed by atoms with Gasteiger partial charge in [-0.15, -0.1) is 0 Å². The molecule has 1 heterocycles. The van der Waals surface area contributed by atoms with E-state index in [1.54, 1.807) is 0 Å². The van der Waals surface area contributed by atoms with E-state index in [0.29, 0.717) is 0 Å². The second kappa shape index (κ2) is 2.13. The Balaban J connectivity index is 1.80. The molecule has 58 valence electrons. The summed E-state index contributed by atoms with van der Waals surface area (Å²) >= 11 is 1.84. The lowest BCUT2D eigenvalue weighted by Gasteiger charge is -2.41. The van der Waals surface area contributed by atoms with Gasteiger partial charge in [0.05, 0.1) is 0 Å². The summed E-state index contributed by atoms with van der Waals surface area (Å²) in [5, 5.41) is 0.